The van der Waals surface area contributed by atoms with E-state index in [0.29, 0.717) is 19.4 Å². The quantitative estimate of drug-likeness (QED) is 0.0400. The second-order valence-corrected chi connectivity index (χ2v) is 14.1. The predicted molar refractivity (Wildman–Crippen MR) is 207 cm³/mol. The molecule has 0 saturated carbocycles. The third-order valence-corrected chi connectivity index (χ3v) is 9.27. The molecule has 282 valence electrons. The van der Waals surface area contributed by atoms with E-state index in [2.05, 4.69) is 26.0 Å². The zero-order chi connectivity index (χ0) is 35.3. The van der Waals surface area contributed by atoms with Crippen LogP contribution in [0.4, 0.5) is 0 Å². The average Bonchev–Trinajstić information content (AvgIpc) is 3.11. The van der Waals surface area contributed by atoms with E-state index in [1.165, 1.54) is 128 Å². The van der Waals surface area contributed by atoms with Crippen LogP contribution in [0, 0.1) is 0 Å². The average molecular weight is 685 g/mol. The van der Waals surface area contributed by atoms with Gasteiger partial charge in [0, 0.05) is 12.8 Å². The second-order valence-electron chi connectivity index (χ2n) is 14.1. The first kappa shape index (κ1) is 44.9. The Kier molecular flexibility index (Phi) is 32.7. The van der Waals surface area contributed by atoms with Crippen LogP contribution >= 0.6 is 0 Å². The molecule has 0 aliphatic heterocycles. The third-order valence-electron chi connectivity index (χ3n) is 9.27. The van der Waals surface area contributed by atoms with Crippen molar-refractivity contribution in [3.8, 4) is 0 Å². The van der Waals surface area contributed by atoms with E-state index in [9.17, 15) is 9.59 Å². The first-order chi connectivity index (χ1) is 24.2. The molecule has 1 rings (SSSR count). The highest BCUT2D eigenvalue weighted by atomic mass is 16.6. The summed E-state index contributed by atoms with van der Waals surface area (Å²) < 4.78 is 17.1. The zero-order valence-corrected chi connectivity index (χ0v) is 32.1. The maximum absolute atomic E-state index is 12.6. The van der Waals surface area contributed by atoms with Crippen LogP contribution in [0.2, 0.25) is 0 Å². The van der Waals surface area contributed by atoms with E-state index in [-0.39, 0.29) is 25.2 Å². The normalized spacial score (nSPS) is 12.0. The molecule has 0 spiro atoms. The van der Waals surface area contributed by atoms with Gasteiger partial charge in [-0.2, -0.15) is 0 Å². The Hall–Kier alpha value is -2.14. The Bertz CT molecular complexity index is 883. The minimum atomic E-state index is -0.588. The summed E-state index contributed by atoms with van der Waals surface area (Å²) in [6.07, 6.45) is 37.4. The molecule has 0 fully saturated rings. The number of hydrogen-bond acceptors (Lipinski definition) is 5. The fraction of sp³-hybridized carbons (Fsp3) is 0.773. The summed E-state index contributed by atoms with van der Waals surface area (Å²) in [4.78, 5) is 25.1. The number of hydrogen-bond donors (Lipinski definition) is 0. The van der Waals surface area contributed by atoms with Gasteiger partial charge in [-0.3, -0.25) is 9.59 Å². The number of unbranched alkanes of at least 4 members (excludes halogenated alkanes) is 23. The number of rotatable bonds is 36. The molecular weight excluding hydrogens is 608 g/mol. The monoisotopic (exact) mass is 685 g/mol. The molecule has 49 heavy (non-hydrogen) atoms. The lowest BCUT2D eigenvalue weighted by molar-refractivity contribution is -0.163. The zero-order valence-electron chi connectivity index (χ0n) is 32.1. The van der Waals surface area contributed by atoms with Gasteiger partial charge in [0.2, 0.25) is 0 Å². The molecule has 0 aliphatic carbocycles. The van der Waals surface area contributed by atoms with Gasteiger partial charge in [0.05, 0.1) is 13.2 Å². The number of benzene rings is 1. The SMILES string of the molecule is CCCCCCCC/C=C\CCCCCCCC(=O)O[C@H](COCc1ccccc1)COC(=O)CCCCCCCCCCCCCCC. The van der Waals surface area contributed by atoms with Gasteiger partial charge >= 0.3 is 11.9 Å². The Morgan fingerprint density at radius 3 is 1.45 bits per heavy atom. The van der Waals surface area contributed by atoms with Gasteiger partial charge in [-0.05, 0) is 44.1 Å². The molecule has 0 amide bonds. The van der Waals surface area contributed by atoms with E-state index in [0.717, 1.165) is 44.1 Å². The molecule has 0 heterocycles. The molecule has 0 radical (unpaired) electrons. The van der Waals surface area contributed by atoms with Gasteiger partial charge in [-0.1, -0.05) is 185 Å². The number of carbonyl (C=O) groups is 2. The Labute approximate surface area is 302 Å². The summed E-state index contributed by atoms with van der Waals surface area (Å²) in [5.41, 5.74) is 1.06. The summed E-state index contributed by atoms with van der Waals surface area (Å²) in [5.74, 6) is -0.456. The standard InChI is InChI=1S/C44H76O5/c1-3-5-7-9-11-13-15-17-18-20-22-24-26-28-33-37-44(46)49-42(39-47-38-41-34-30-29-31-35-41)40-48-43(45)36-32-27-25-23-21-19-16-14-12-10-8-6-4-2/h17-18,29-31,34-35,42H,3-16,19-28,32-33,36-40H2,1-2H3/b18-17-/t42-/m1/s1. The molecule has 1 atom stereocenters. The van der Waals surface area contributed by atoms with Crippen LogP contribution in [-0.4, -0.2) is 31.3 Å². The molecular formula is C44H76O5. The highest BCUT2D eigenvalue weighted by Gasteiger charge is 2.17. The van der Waals surface area contributed by atoms with Gasteiger partial charge in [0.25, 0.3) is 0 Å². The van der Waals surface area contributed by atoms with Crippen molar-refractivity contribution < 1.29 is 23.8 Å². The number of ether oxygens (including phenoxy) is 3. The minimum Gasteiger partial charge on any atom is -0.462 e. The molecule has 5 nitrogen and oxygen atoms in total. The van der Waals surface area contributed by atoms with Crippen LogP contribution in [0.25, 0.3) is 0 Å². The Morgan fingerprint density at radius 1 is 0.531 bits per heavy atom. The molecule has 0 aromatic heterocycles. The molecule has 5 heteroatoms. The van der Waals surface area contributed by atoms with E-state index >= 15 is 0 Å². The van der Waals surface area contributed by atoms with E-state index in [4.69, 9.17) is 14.2 Å². The third kappa shape index (κ3) is 31.6. The lowest BCUT2D eigenvalue weighted by atomic mass is 10.0. The van der Waals surface area contributed by atoms with Gasteiger partial charge in [0.15, 0.2) is 6.10 Å². The maximum Gasteiger partial charge on any atom is 0.306 e. The van der Waals surface area contributed by atoms with Crippen LogP contribution in [0.5, 0.6) is 0 Å². The second kappa shape index (κ2) is 35.7. The van der Waals surface area contributed by atoms with Crippen molar-refractivity contribution in [3.05, 3.63) is 48.0 Å². The van der Waals surface area contributed by atoms with Crippen molar-refractivity contribution in [1.82, 2.24) is 0 Å². The smallest absolute Gasteiger partial charge is 0.306 e. The number of carbonyl (C=O) groups excluding carboxylic acids is 2. The van der Waals surface area contributed by atoms with E-state index < -0.39 is 6.10 Å². The predicted octanol–water partition coefficient (Wildman–Crippen LogP) is 13.2. The molecule has 0 saturated heterocycles. The number of esters is 2. The molecule has 0 aliphatic rings. The molecule has 1 aromatic rings. The van der Waals surface area contributed by atoms with Crippen molar-refractivity contribution in [1.29, 1.82) is 0 Å². The van der Waals surface area contributed by atoms with Crippen LogP contribution in [0.1, 0.15) is 199 Å². The van der Waals surface area contributed by atoms with Crippen molar-refractivity contribution in [2.75, 3.05) is 13.2 Å². The summed E-state index contributed by atoms with van der Waals surface area (Å²) >= 11 is 0. The lowest BCUT2D eigenvalue weighted by Gasteiger charge is -2.18. The largest absolute Gasteiger partial charge is 0.462 e. The van der Waals surface area contributed by atoms with Crippen LogP contribution < -0.4 is 0 Å². The van der Waals surface area contributed by atoms with E-state index in [1.807, 2.05) is 30.3 Å². The highest BCUT2D eigenvalue weighted by Crippen LogP contribution is 2.14. The molecule has 1 aromatic carbocycles. The fourth-order valence-corrected chi connectivity index (χ4v) is 6.13. The van der Waals surface area contributed by atoms with Crippen LogP contribution in [-0.2, 0) is 30.4 Å². The number of allylic oxidation sites excluding steroid dienone is 2. The van der Waals surface area contributed by atoms with Gasteiger partial charge < -0.3 is 14.2 Å². The first-order valence-electron chi connectivity index (χ1n) is 20.8. The summed E-state index contributed by atoms with van der Waals surface area (Å²) in [5, 5.41) is 0. The Balaban J connectivity index is 2.17. The van der Waals surface area contributed by atoms with Crippen molar-refractivity contribution >= 4 is 11.9 Å². The van der Waals surface area contributed by atoms with Crippen LogP contribution in [0.15, 0.2) is 42.5 Å². The molecule has 0 bridgehead atoms. The summed E-state index contributed by atoms with van der Waals surface area (Å²) in [7, 11) is 0. The summed E-state index contributed by atoms with van der Waals surface area (Å²) in [6.45, 7) is 5.21. The summed E-state index contributed by atoms with van der Waals surface area (Å²) in [6, 6.07) is 9.93. The van der Waals surface area contributed by atoms with Crippen LogP contribution in [0.3, 0.4) is 0 Å². The van der Waals surface area contributed by atoms with Gasteiger partial charge in [-0.25, -0.2) is 0 Å². The molecule has 0 unspecified atom stereocenters. The Morgan fingerprint density at radius 2 is 0.959 bits per heavy atom. The minimum absolute atomic E-state index is 0.0458. The first-order valence-corrected chi connectivity index (χ1v) is 20.8. The highest BCUT2D eigenvalue weighted by molar-refractivity contribution is 5.70. The topological polar surface area (TPSA) is 61.8 Å². The van der Waals surface area contributed by atoms with Gasteiger partial charge in [0.1, 0.15) is 6.61 Å². The molecule has 0 N–H and O–H groups in total. The van der Waals surface area contributed by atoms with Crippen molar-refractivity contribution in [2.45, 2.75) is 206 Å². The van der Waals surface area contributed by atoms with Crippen molar-refractivity contribution in [3.63, 3.8) is 0 Å². The van der Waals surface area contributed by atoms with Crippen molar-refractivity contribution in [2.24, 2.45) is 0 Å². The fourth-order valence-electron chi connectivity index (χ4n) is 6.13. The van der Waals surface area contributed by atoms with Gasteiger partial charge in [-0.15, -0.1) is 0 Å². The lowest BCUT2D eigenvalue weighted by Crippen LogP contribution is -2.29. The van der Waals surface area contributed by atoms with E-state index in [1.54, 1.807) is 0 Å². The maximum atomic E-state index is 12.6.